The van der Waals surface area contributed by atoms with E-state index in [1.165, 1.54) is 0 Å². The van der Waals surface area contributed by atoms with Crippen LogP contribution in [0.4, 0.5) is 0 Å². The molecule has 0 N–H and O–H groups in total. The van der Waals surface area contributed by atoms with Gasteiger partial charge in [-0.1, -0.05) is 24.3 Å². The fourth-order valence-corrected chi connectivity index (χ4v) is 1.28. The van der Waals surface area contributed by atoms with E-state index in [0.29, 0.717) is 5.56 Å². The highest BCUT2D eigenvalue weighted by atomic mass is 16.1. The first kappa shape index (κ1) is 8.56. The average molecular weight is 184 g/mol. The van der Waals surface area contributed by atoms with Crippen LogP contribution in [0.15, 0.2) is 42.6 Å². The predicted molar refractivity (Wildman–Crippen MR) is 52.9 cm³/mol. The molecule has 0 fully saturated rings. The van der Waals surface area contributed by atoms with Crippen molar-refractivity contribution in [1.29, 1.82) is 0 Å². The third kappa shape index (κ3) is 1.52. The van der Waals surface area contributed by atoms with Gasteiger partial charge in [0.25, 0.3) is 0 Å². The molecule has 0 bridgehead atoms. The van der Waals surface area contributed by atoms with Gasteiger partial charge in [-0.3, -0.25) is 4.79 Å². The van der Waals surface area contributed by atoms with Gasteiger partial charge in [-0.05, 0) is 12.1 Å². The lowest BCUT2D eigenvalue weighted by molar-refractivity contribution is 0.112. The van der Waals surface area contributed by atoms with E-state index in [0.717, 1.165) is 17.5 Å². The quantitative estimate of drug-likeness (QED) is 0.670. The Bertz CT molecular complexity index is 440. The first-order valence-corrected chi connectivity index (χ1v) is 4.24. The molecule has 0 amide bonds. The molecule has 0 spiro atoms. The minimum absolute atomic E-state index is 0.632. The van der Waals surface area contributed by atoms with Crippen molar-refractivity contribution < 1.29 is 4.79 Å². The number of aldehydes is 1. The lowest BCUT2D eigenvalue weighted by Crippen LogP contribution is -1.90. The molecule has 1 aromatic heterocycles. The number of aromatic nitrogens is 2. The molecule has 3 nitrogen and oxygen atoms in total. The SMILES string of the molecule is O=Cc1ccccc1-c1cccnn1. The zero-order valence-electron chi connectivity index (χ0n) is 7.42. The number of nitrogens with zero attached hydrogens (tertiary/aromatic N) is 2. The van der Waals surface area contributed by atoms with Crippen LogP contribution in [0.2, 0.25) is 0 Å². The summed E-state index contributed by atoms with van der Waals surface area (Å²) in [5.74, 6) is 0. The van der Waals surface area contributed by atoms with E-state index in [2.05, 4.69) is 10.2 Å². The first-order chi connectivity index (χ1) is 6.92. The number of carbonyl (C=O) groups excluding carboxylic acids is 1. The molecule has 0 aliphatic rings. The minimum Gasteiger partial charge on any atom is -0.298 e. The Balaban J connectivity index is 2.57. The van der Waals surface area contributed by atoms with Crippen molar-refractivity contribution in [2.75, 3.05) is 0 Å². The van der Waals surface area contributed by atoms with Gasteiger partial charge in [0.1, 0.15) is 0 Å². The van der Waals surface area contributed by atoms with Crippen LogP contribution in [0.5, 0.6) is 0 Å². The van der Waals surface area contributed by atoms with Crippen molar-refractivity contribution in [2.24, 2.45) is 0 Å². The van der Waals surface area contributed by atoms with Gasteiger partial charge in [-0.25, -0.2) is 0 Å². The summed E-state index contributed by atoms with van der Waals surface area (Å²) < 4.78 is 0. The molecular weight excluding hydrogens is 176 g/mol. The molecule has 0 atom stereocenters. The van der Waals surface area contributed by atoms with Gasteiger partial charge in [0.15, 0.2) is 6.29 Å². The summed E-state index contributed by atoms with van der Waals surface area (Å²) >= 11 is 0. The molecule has 0 unspecified atom stereocenters. The van der Waals surface area contributed by atoms with Crippen molar-refractivity contribution in [3.05, 3.63) is 48.2 Å². The Morgan fingerprint density at radius 3 is 2.64 bits per heavy atom. The number of benzene rings is 1. The monoisotopic (exact) mass is 184 g/mol. The van der Waals surface area contributed by atoms with E-state index in [9.17, 15) is 4.79 Å². The number of hydrogen-bond donors (Lipinski definition) is 0. The van der Waals surface area contributed by atoms with Crippen LogP contribution in [0.3, 0.4) is 0 Å². The summed E-state index contributed by atoms with van der Waals surface area (Å²) in [6.07, 6.45) is 2.43. The maximum atomic E-state index is 10.8. The smallest absolute Gasteiger partial charge is 0.150 e. The largest absolute Gasteiger partial charge is 0.298 e. The maximum Gasteiger partial charge on any atom is 0.150 e. The molecule has 1 aromatic carbocycles. The highest BCUT2D eigenvalue weighted by molar-refractivity contribution is 5.86. The summed E-state index contributed by atoms with van der Waals surface area (Å²) in [4.78, 5) is 10.8. The van der Waals surface area contributed by atoms with Crippen LogP contribution in [-0.4, -0.2) is 16.5 Å². The van der Waals surface area contributed by atoms with Crippen LogP contribution >= 0.6 is 0 Å². The Kier molecular flexibility index (Phi) is 2.32. The van der Waals surface area contributed by atoms with E-state index < -0.39 is 0 Å². The molecule has 0 radical (unpaired) electrons. The summed E-state index contributed by atoms with van der Waals surface area (Å²) in [5, 5.41) is 7.72. The third-order valence-corrected chi connectivity index (χ3v) is 1.94. The molecule has 3 heteroatoms. The van der Waals surface area contributed by atoms with Crippen LogP contribution in [-0.2, 0) is 0 Å². The second-order valence-corrected chi connectivity index (χ2v) is 2.81. The van der Waals surface area contributed by atoms with Gasteiger partial charge in [0.05, 0.1) is 5.69 Å². The molecule has 0 saturated heterocycles. The van der Waals surface area contributed by atoms with Crippen molar-refractivity contribution in [2.45, 2.75) is 0 Å². The number of carbonyl (C=O) groups is 1. The summed E-state index contributed by atoms with van der Waals surface area (Å²) in [6.45, 7) is 0. The average Bonchev–Trinajstić information content (AvgIpc) is 2.30. The number of hydrogen-bond acceptors (Lipinski definition) is 3. The van der Waals surface area contributed by atoms with Crippen LogP contribution in [0.1, 0.15) is 10.4 Å². The van der Waals surface area contributed by atoms with E-state index in [1.807, 2.05) is 24.3 Å². The highest BCUT2D eigenvalue weighted by Gasteiger charge is 2.03. The zero-order chi connectivity index (χ0) is 9.80. The van der Waals surface area contributed by atoms with Gasteiger partial charge < -0.3 is 0 Å². The fourth-order valence-electron chi connectivity index (χ4n) is 1.28. The van der Waals surface area contributed by atoms with E-state index in [-0.39, 0.29) is 0 Å². The summed E-state index contributed by atoms with van der Waals surface area (Å²) in [5.41, 5.74) is 2.17. The number of rotatable bonds is 2. The normalized spacial score (nSPS) is 9.71. The second kappa shape index (κ2) is 3.79. The standard InChI is InChI=1S/C11H8N2O/c14-8-9-4-1-2-5-10(9)11-6-3-7-12-13-11/h1-8H. The fraction of sp³-hybridized carbons (Fsp3) is 0. The van der Waals surface area contributed by atoms with E-state index in [1.54, 1.807) is 18.3 Å². The van der Waals surface area contributed by atoms with Gasteiger partial charge in [-0.15, -0.1) is 0 Å². The molecule has 14 heavy (non-hydrogen) atoms. The summed E-state index contributed by atoms with van der Waals surface area (Å²) in [7, 11) is 0. The third-order valence-electron chi connectivity index (χ3n) is 1.94. The Labute approximate surface area is 81.4 Å². The lowest BCUT2D eigenvalue weighted by Gasteiger charge is -2.01. The van der Waals surface area contributed by atoms with Gasteiger partial charge in [0.2, 0.25) is 0 Å². The van der Waals surface area contributed by atoms with Gasteiger partial charge in [-0.2, -0.15) is 10.2 Å². The molecule has 0 aliphatic carbocycles. The maximum absolute atomic E-state index is 10.8. The summed E-state index contributed by atoms with van der Waals surface area (Å²) in [6, 6.07) is 10.9. The molecule has 2 aromatic rings. The minimum atomic E-state index is 0.632. The van der Waals surface area contributed by atoms with Crippen molar-refractivity contribution in [3.63, 3.8) is 0 Å². The van der Waals surface area contributed by atoms with Crippen molar-refractivity contribution in [3.8, 4) is 11.3 Å². The van der Waals surface area contributed by atoms with Crippen molar-refractivity contribution >= 4 is 6.29 Å². The van der Waals surface area contributed by atoms with Crippen molar-refractivity contribution in [1.82, 2.24) is 10.2 Å². The lowest BCUT2D eigenvalue weighted by atomic mass is 10.1. The molecule has 68 valence electrons. The molecule has 0 saturated carbocycles. The highest BCUT2D eigenvalue weighted by Crippen LogP contribution is 2.18. The Morgan fingerprint density at radius 2 is 1.93 bits per heavy atom. The van der Waals surface area contributed by atoms with Gasteiger partial charge >= 0.3 is 0 Å². The van der Waals surface area contributed by atoms with Crippen LogP contribution in [0.25, 0.3) is 11.3 Å². The Hall–Kier alpha value is -2.03. The Morgan fingerprint density at radius 1 is 1.07 bits per heavy atom. The molecule has 2 rings (SSSR count). The van der Waals surface area contributed by atoms with Crippen LogP contribution in [0, 0.1) is 0 Å². The molecular formula is C11H8N2O. The molecule has 1 heterocycles. The first-order valence-electron chi connectivity index (χ1n) is 4.24. The topological polar surface area (TPSA) is 42.9 Å². The second-order valence-electron chi connectivity index (χ2n) is 2.81. The predicted octanol–water partition coefficient (Wildman–Crippen LogP) is 1.96. The zero-order valence-corrected chi connectivity index (χ0v) is 7.42. The van der Waals surface area contributed by atoms with Crippen LogP contribution < -0.4 is 0 Å². The van der Waals surface area contributed by atoms with E-state index in [4.69, 9.17) is 0 Å². The molecule has 0 aliphatic heterocycles. The van der Waals surface area contributed by atoms with E-state index >= 15 is 0 Å². The van der Waals surface area contributed by atoms with Gasteiger partial charge in [0, 0.05) is 17.3 Å².